The number of carbonyl (C=O) groups is 2. The summed E-state index contributed by atoms with van der Waals surface area (Å²) in [5, 5.41) is 16.8. The molecule has 4 nitrogen and oxygen atoms in total. The Morgan fingerprint density at radius 1 is 0.564 bits per heavy atom. The summed E-state index contributed by atoms with van der Waals surface area (Å²) >= 11 is 0. The van der Waals surface area contributed by atoms with E-state index in [1.165, 1.54) is 33.4 Å². The van der Waals surface area contributed by atoms with Crippen LogP contribution in [0.4, 0.5) is 0 Å². The molecule has 206 valence electrons. The predicted octanol–water partition coefficient (Wildman–Crippen LogP) is 8.99. The van der Waals surface area contributed by atoms with Crippen molar-refractivity contribution in [2.75, 3.05) is 0 Å². The van der Waals surface area contributed by atoms with Crippen molar-refractivity contribution in [1.29, 1.82) is 0 Å². The summed E-state index contributed by atoms with van der Waals surface area (Å²) in [6.45, 7) is 21.8. The third-order valence-electron chi connectivity index (χ3n) is 7.17. The van der Waals surface area contributed by atoms with Crippen molar-refractivity contribution >= 4 is 11.9 Å². The summed E-state index contributed by atoms with van der Waals surface area (Å²) < 4.78 is 0. The molecule has 0 aromatic heterocycles. The summed E-state index contributed by atoms with van der Waals surface area (Å²) in [4.78, 5) is 20.4. The molecule has 2 aromatic rings. The van der Waals surface area contributed by atoms with Crippen LogP contribution in [0, 0.1) is 23.0 Å². The van der Waals surface area contributed by atoms with Crippen LogP contribution in [0.5, 0.6) is 0 Å². The molecular formula is C34H42O4Zr. The van der Waals surface area contributed by atoms with Crippen molar-refractivity contribution in [3.63, 3.8) is 0 Å². The number of aromatic carboxylic acids is 2. The van der Waals surface area contributed by atoms with Crippen LogP contribution >= 0.6 is 0 Å². The molecule has 0 radical (unpaired) electrons. The number of hydrogen-bond acceptors (Lipinski definition) is 2. The maximum absolute atomic E-state index is 10.2. The second-order valence-corrected chi connectivity index (χ2v) is 10.6. The summed E-state index contributed by atoms with van der Waals surface area (Å²) in [7, 11) is 0. The van der Waals surface area contributed by atoms with Gasteiger partial charge < -0.3 is 10.2 Å². The van der Waals surface area contributed by atoms with Gasteiger partial charge >= 0.3 is 38.1 Å². The molecule has 0 fully saturated rings. The van der Waals surface area contributed by atoms with Gasteiger partial charge in [-0.2, -0.15) is 22.3 Å². The Bertz CT molecular complexity index is 1150. The van der Waals surface area contributed by atoms with Gasteiger partial charge in [0.2, 0.25) is 0 Å². The Kier molecular flexibility index (Phi) is 14.6. The Balaban J connectivity index is 0.000000490. The fourth-order valence-electron chi connectivity index (χ4n) is 3.97. The average molecular weight is 606 g/mol. The topological polar surface area (TPSA) is 74.6 Å². The molecule has 0 spiro atoms. The van der Waals surface area contributed by atoms with Crippen LogP contribution in [0.25, 0.3) is 0 Å². The van der Waals surface area contributed by atoms with Crippen LogP contribution in [0.3, 0.4) is 0 Å². The van der Waals surface area contributed by atoms with Crippen LogP contribution in [0.1, 0.15) is 90.0 Å². The minimum atomic E-state index is -0.879. The maximum atomic E-state index is 10.2. The zero-order valence-corrected chi connectivity index (χ0v) is 27.4. The average Bonchev–Trinajstić information content (AvgIpc) is 3.16. The number of allylic oxidation sites excluding steroid dienone is 8. The first-order valence-corrected chi connectivity index (χ1v) is 12.7. The van der Waals surface area contributed by atoms with Gasteiger partial charge in [-0.15, -0.1) is 13.8 Å². The molecule has 2 aliphatic carbocycles. The molecule has 0 atom stereocenters. The van der Waals surface area contributed by atoms with E-state index in [1.807, 2.05) is 0 Å². The predicted molar refractivity (Wildman–Crippen MR) is 156 cm³/mol. The normalized spacial score (nSPS) is 16.2. The third-order valence-corrected chi connectivity index (χ3v) is 7.17. The van der Waals surface area contributed by atoms with E-state index in [0.29, 0.717) is 11.1 Å². The van der Waals surface area contributed by atoms with Crippen LogP contribution in [0.15, 0.2) is 94.1 Å². The maximum Gasteiger partial charge on any atom is 2.00 e. The fraction of sp³-hybridized carbons (Fsp3) is 0.353. The van der Waals surface area contributed by atoms with E-state index >= 15 is 0 Å². The largest absolute Gasteiger partial charge is 2.00 e. The summed E-state index contributed by atoms with van der Waals surface area (Å²) in [5.41, 5.74) is 9.45. The smallest absolute Gasteiger partial charge is 0.478 e. The van der Waals surface area contributed by atoms with Gasteiger partial charge in [0, 0.05) is 0 Å². The molecule has 4 rings (SSSR count). The molecule has 0 saturated heterocycles. The molecule has 0 aliphatic heterocycles. The molecular weight excluding hydrogens is 564 g/mol. The van der Waals surface area contributed by atoms with Crippen molar-refractivity contribution < 1.29 is 46.0 Å². The van der Waals surface area contributed by atoms with Gasteiger partial charge in [-0.05, 0) is 24.3 Å². The molecule has 5 heteroatoms. The molecule has 2 aromatic carbocycles. The monoisotopic (exact) mass is 604 g/mol. The van der Waals surface area contributed by atoms with Gasteiger partial charge in [-0.1, -0.05) is 103 Å². The Labute approximate surface area is 254 Å². The van der Waals surface area contributed by atoms with Gasteiger partial charge in [0.05, 0.1) is 11.1 Å². The molecule has 0 amide bonds. The van der Waals surface area contributed by atoms with E-state index in [-0.39, 0.29) is 37.0 Å². The van der Waals surface area contributed by atoms with Crippen LogP contribution in [0.2, 0.25) is 0 Å². The van der Waals surface area contributed by atoms with Crippen molar-refractivity contribution in [3.05, 3.63) is 117 Å². The SMILES string of the molecule is CC1=[C-]C(C)(C)C(C)=C1C.CC1=[C-]C(C)(C)C(C)=C1C.O=C(O)c1ccccc1.O=C(O)c1ccccc1.[Zr+2]. The number of hydrogen-bond donors (Lipinski definition) is 2. The van der Waals surface area contributed by atoms with Crippen LogP contribution in [-0.2, 0) is 26.2 Å². The Morgan fingerprint density at radius 3 is 0.923 bits per heavy atom. The van der Waals surface area contributed by atoms with Gasteiger partial charge in [0.15, 0.2) is 0 Å². The molecule has 2 aliphatic rings. The van der Waals surface area contributed by atoms with E-state index < -0.39 is 11.9 Å². The zero-order chi connectivity index (χ0) is 29.3. The first-order chi connectivity index (χ1) is 17.5. The van der Waals surface area contributed by atoms with Crippen molar-refractivity contribution in [2.45, 2.75) is 69.2 Å². The van der Waals surface area contributed by atoms with E-state index in [0.717, 1.165) is 0 Å². The quantitative estimate of drug-likeness (QED) is 0.335. The number of rotatable bonds is 2. The molecule has 39 heavy (non-hydrogen) atoms. The Hall–Kier alpha value is -2.78. The second kappa shape index (κ2) is 15.7. The first-order valence-electron chi connectivity index (χ1n) is 12.7. The number of carboxylic acids is 2. The summed E-state index contributed by atoms with van der Waals surface area (Å²) in [6.07, 6.45) is 6.87. The second-order valence-electron chi connectivity index (χ2n) is 10.6. The Morgan fingerprint density at radius 2 is 0.821 bits per heavy atom. The standard InChI is InChI=1S/2C10H15.2C7H6O2.Zr/c2*1-7-6-10(4,5)9(3)8(7)2;2*8-7(9)6-4-2-1-3-5-6;/h2*1-5H3;2*1-5H,(H,8,9);/q2*-1;;;+2. The van der Waals surface area contributed by atoms with Gasteiger partial charge in [-0.25, -0.2) is 20.7 Å². The molecule has 0 unspecified atom stereocenters. The summed E-state index contributed by atoms with van der Waals surface area (Å²) in [5.74, 6) is -1.76. The third kappa shape index (κ3) is 11.1. The van der Waals surface area contributed by atoms with Gasteiger partial charge in [0.1, 0.15) is 0 Å². The van der Waals surface area contributed by atoms with Crippen molar-refractivity contribution in [3.8, 4) is 0 Å². The molecule has 0 heterocycles. The fourth-order valence-corrected chi connectivity index (χ4v) is 3.97. The first kappa shape index (κ1) is 36.2. The van der Waals surface area contributed by atoms with E-state index in [1.54, 1.807) is 60.7 Å². The van der Waals surface area contributed by atoms with E-state index in [2.05, 4.69) is 81.4 Å². The van der Waals surface area contributed by atoms with Crippen LogP contribution in [-0.4, -0.2) is 22.2 Å². The van der Waals surface area contributed by atoms with E-state index in [4.69, 9.17) is 10.2 Å². The zero-order valence-electron chi connectivity index (χ0n) is 25.0. The van der Waals surface area contributed by atoms with Gasteiger partial charge in [-0.3, -0.25) is 12.2 Å². The molecule has 2 N–H and O–H groups in total. The van der Waals surface area contributed by atoms with Crippen molar-refractivity contribution in [2.24, 2.45) is 10.8 Å². The number of benzene rings is 2. The minimum absolute atomic E-state index is 0. The molecule has 0 saturated carbocycles. The number of carboxylic acid groups (broad SMARTS) is 2. The van der Waals surface area contributed by atoms with Crippen LogP contribution < -0.4 is 0 Å². The molecule has 0 bridgehead atoms. The minimum Gasteiger partial charge on any atom is -0.478 e. The van der Waals surface area contributed by atoms with E-state index in [9.17, 15) is 9.59 Å². The van der Waals surface area contributed by atoms with Gasteiger partial charge in [0.25, 0.3) is 0 Å². The summed E-state index contributed by atoms with van der Waals surface area (Å²) in [6, 6.07) is 16.6. The van der Waals surface area contributed by atoms with Crippen molar-refractivity contribution in [1.82, 2.24) is 0 Å².